The summed E-state index contributed by atoms with van der Waals surface area (Å²) < 4.78 is 0. The van der Waals surface area contributed by atoms with Crippen molar-refractivity contribution in [3.8, 4) is 0 Å². The second-order valence-corrected chi connectivity index (χ2v) is 6.98. The van der Waals surface area contributed by atoms with Crippen molar-refractivity contribution in [1.29, 1.82) is 0 Å². The van der Waals surface area contributed by atoms with E-state index < -0.39 is 0 Å². The lowest BCUT2D eigenvalue weighted by Gasteiger charge is -2.31. The van der Waals surface area contributed by atoms with E-state index in [4.69, 9.17) is 4.98 Å². The molecule has 0 aliphatic carbocycles. The summed E-state index contributed by atoms with van der Waals surface area (Å²) in [6, 6.07) is 18.3. The predicted molar refractivity (Wildman–Crippen MR) is 107 cm³/mol. The molecule has 0 spiro atoms. The van der Waals surface area contributed by atoms with Crippen LogP contribution in [0.15, 0.2) is 60.8 Å². The molecule has 138 valence electrons. The molecule has 1 saturated heterocycles. The molecule has 0 N–H and O–H groups in total. The van der Waals surface area contributed by atoms with Gasteiger partial charge in [-0.3, -0.25) is 9.78 Å². The van der Waals surface area contributed by atoms with Crippen LogP contribution in [0.25, 0.3) is 11.0 Å². The summed E-state index contributed by atoms with van der Waals surface area (Å²) in [6.07, 6.45) is 3.24. The molecule has 4 rings (SSSR count). The average molecular weight is 360 g/mol. The van der Waals surface area contributed by atoms with Crippen LogP contribution in [0, 0.1) is 0 Å². The molecule has 0 saturated carbocycles. The SMILES string of the molecule is CCC1CN(c2cnc3ccccc3n2)CCC(=O)N1Cc1ccccc1. The highest BCUT2D eigenvalue weighted by Gasteiger charge is 2.29. The lowest BCUT2D eigenvalue weighted by molar-refractivity contribution is -0.133. The first-order valence-corrected chi connectivity index (χ1v) is 9.54. The first-order valence-electron chi connectivity index (χ1n) is 9.54. The van der Waals surface area contributed by atoms with Crippen LogP contribution in [-0.2, 0) is 11.3 Å². The van der Waals surface area contributed by atoms with Crippen molar-refractivity contribution in [1.82, 2.24) is 14.9 Å². The highest BCUT2D eigenvalue weighted by molar-refractivity contribution is 5.78. The van der Waals surface area contributed by atoms with Gasteiger partial charge in [0.2, 0.25) is 5.91 Å². The van der Waals surface area contributed by atoms with Crippen molar-refractivity contribution in [3.63, 3.8) is 0 Å². The fourth-order valence-electron chi connectivity index (χ4n) is 3.68. The van der Waals surface area contributed by atoms with E-state index in [-0.39, 0.29) is 11.9 Å². The Kier molecular flexibility index (Phi) is 5.01. The fourth-order valence-corrected chi connectivity index (χ4v) is 3.68. The quantitative estimate of drug-likeness (QED) is 0.713. The first kappa shape index (κ1) is 17.5. The van der Waals surface area contributed by atoms with Crippen LogP contribution in [0.1, 0.15) is 25.3 Å². The van der Waals surface area contributed by atoms with E-state index >= 15 is 0 Å². The zero-order chi connectivity index (χ0) is 18.6. The maximum atomic E-state index is 12.8. The van der Waals surface area contributed by atoms with Gasteiger partial charge < -0.3 is 9.80 Å². The second-order valence-electron chi connectivity index (χ2n) is 6.98. The summed E-state index contributed by atoms with van der Waals surface area (Å²) in [5.41, 5.74) is 2.95. The fraction of sp³-hybridized carbons (Fsp3) is 0.318. The van der Waals surface area contributed by atoms with E-state index in [9.17, 15) is 4.79 Å². The van der Waals surface area contributed by atoms with Crippen LogP contribution in [0.5, 0.6) is 0 Å². The van der Waals surface area contributed by atoms with E-state index in [2.05, 4.69) is 28.9 Å². The van der Waals surface area contributed by atoms with E-state index in [1.165, 1.54) is 5.56 Å². The van der Waals surface area contributed by atoms with Gasteiger partial charge in [-0.25, -0.2) is 4.98 Å². The Morgan fingerprint density at radius 2 is 1.78 bits per heavy atom. The summed E-state index contributed by atoms with van der Waals surface area (Å²) in [5.74, 6) is 1.06. The molecule has 1 fully saturated rings. The number of anilines is 1. The third-order valence-corrected chi connectivity index (χ3v) is 5.21. The number of hydrogen-bond acceptors (Lipinski definition) is 4. The Morgan fingerprint density at radius 1 is 1.04 bits per heavy atom. The maximum absolute atomic E-state index is 12.8. The van der Waals surface area contributed by atoms with Crippen molar-refractivity contribution < 1.29 is 4.79 Å². The van der Waals surface area contributed by atoms with Crippen molar-refractivity contribution in [2.75, 3.05) is 18.0 Å². The Morgan fingerprint density at radius 3 is 2.56 bits per heavy atom. The normalized spacial score (nSPS) is 18.0. The van der Waals surface area contributed by atoms with Gasteiger partial charge in [0.1, 0.15) is 5.82 Å². The molecule has 1 aliphatic heterocycles. The zero-order valence-electron chi connectivity index (χ0n) is 15.6. The van der Waals surface area contributed by atoms with Crippen molar-refractivity contribution in [2.24, 2.45) is 0 Å². The first-order chi connectivity index (χ1) is 13.2. The molecule has 27 heavy (non-hydrogen) atoms. The van der Waals surface area contributed by atoms with Gasteiger partial charge in [0.25, 0.3) is 0 Å². The number of hydrogen-bond donors (Lipinski definition) is 0. The van der Waals surface area contributed by atoms with Gasteiger partial charge in [0.15, 0.2) is 0 Å². The molecule has 2 heterocycles. The molecule has 5 nitrogen and oxygen atoms in total. The van der Waals surface area contributed by atoms with E-state index in [1.54, 1.807) is 0 Å². The molecule has 1 aromatic heterocycles. The predicted octanol–water partition coefficient (Wildman–Crippen LogP) is 3.65. The van der Waals surface area contributed by atoms with Crippen LogP contribution in [0.3, 0.4) is 0 Å². The number of benzene rings is 2. The molecule has 1 unspecified atom stereocenters. The minimum absolute atomic E-state index is 0.161. The lowest BCUT2D eigenvalue weighted by atomic mass is 10.1. The lowest BCUT2D eigenvalue weighted by Crippen LogP contribution is -2.42. The second kappa shape index (κ2) is 7.74. The van der Waals surface area contributed by atoms with E-state index in [0.717, 1.165) is 29.8 Å². The number of aromatic nitrogens is 2. The summed E-state index contributed by atoms with van der Waals surface area (Å²) in [4.78, 5) is 26.4. The van der Waals surface area contributed by atoms with Gasteiger partial charge in [-0.05, 0) is 24.1 Å². The van der Waals surface area contributed by atoms with Crippen molar-refractivity contribution in [3.05, 3.63) is 66.4 Å². The molecule has 2 aromatic carbocycles. The number of carbonyl (C=O) groups excluding carboxylic acids is 1. The molecule has 1 atom stereocenters. The molecule has 0 radical (unpaired) electrons. The third-order valence-electron chi connectivity index (χ3n) is 5.21. The standard InChI is InChI=1S/C22H24N4O/c1-2-18-16-25(21-14-23-19-10-6-7-11-20(19)24-21)13-12-22(27)26(18)15-17-8-4-3-5-9-17/h3-11,14,18H,2,12-13,15-16H2,1H3. The number of carbonyl (C=O) groups is 1. The van der Waals surface area contributed by atoms with Crippen LogP contribution in [0.4, 0.5) is 5.82 Å². The third kappa shape index (κ3) is 3.77. The molecular weight excluding hydrogens is 336 g/mol. The molecule has 5 heteroatoms. The molecule has 3 aromatic rings. The van der Waals surface area contributed by atoms with Crippen molar-refractivity contribution >= 4 is 22.8 Å². The Labute approximate surface area is 159 Å². The summed E-state index contributed by atoms with van der Waals surface area (Å²) in [5, 5.41) is 0. The van der Waals surface area contributed by atoms with Crippen LogP contribution in [0.2, 0.25) is 0 Å². The minimum Gasteiger partial charge on any atom is -0.353 e. The molecule has 1 amide bonds. The number of para-hydroxylation sites is 2. The minimum atomic E-state index is 0.161. The Bertz CT molecular complexity index is 928. The van der Waals surface area contributed by atoms with Crippen LogP contribution < -0.4 is 4.90 Å². The zero-order valence-corrected chi connectivity index (χ0v) is 15.6. The summed E-state index contributed by atoms with van der Waals surface area (Å²) in [6.45, 7) is 4.26. The van der Waals surface area contributed by atoms with Gasteiger partial charge in [-0.15, -0.1) is 0 Å². The van der Waals surface area contributed by atoms with E-state index in [1.807, 2.05) is 53.6 Å². The average Bonchev–Trinajstić information content (AvgIpc) is 2.88. The highest BCUT2D eigenvalue weighted by Crippen LogP contribution is 2.22. The summed E-state index contributed by atoms with van der Waals surface area (Å²) >= 11 is 0. The van der Waals surface area contributed by atoms with Gasteiger partial charge in [-0.2, -0.15) is 0 Å². The largest absolute Gasteiger partial charge is 0.353 e. The van der Waals surface area contributed by atoms with Gasteiger partial charge in [0, 0.05) is 32.1 Å². The van der Waals surface area contributed by atoms with E-state index in [0.29, 0.717) is 19.5 Å². The number of rotatable bonds is 4. The van der Waals surface area contributed by atoms with Crippen LogP contribution >= 0.6 is 0 Å². The maximum Gasteiger partial charge on any atom is 0.224 e. The monoisotopic (exact) mass is 360 g/mol. The van der Waals surface area contributed by atoms with Gasteiger partial charge in [-0.1, -0.05) is 49.4 Å². The Balaban J connectivity index is 1.58. The number of amides is 1. The molecule has 1 aliphatic rings. The highest BCUT2D eigenvalue weighted by atomic mass is 16.2. The summed E-state index contributed by atoms with van der Waals surface area (Å²) in [7, 11) is 0. The Hall–Kier alpha value is -2.95. The number of nitrogens with zero attached hydrogens (tertiary/aromatic N) is 4. The number of fused-ring (bicyclic) bond motifs is 1. The molecular formula is C22H24N4O. The topological polar surface area (TPSA) is 49.3 Å². The van der Waals surface area contributed by atoms with Crippen molar-refractivity contribution in [2.45, 2.75) is 32.4 Å². The smallest absolute Gasteiger partial charge is 0.224 e. The molecule has 0 bridgehead atoms. The van der Waals surface area contributed by atoms with Gasteiger partial charge >= 0.3 is 0 Å². The van der Waals surface area contributed by atoms with Gasteiger partial charge in [0.05, 0.1) is 17.2 Å². The van der Waals surface area contributed by atoms with Crippen LogP contribution in [-0.4, -0.2) is 39.9 Å².